The lowest BCUT2D eigenvalue weighted by atomic mass is 10.1. The van der Waals surface area contributed by atoms with Gasteiger partial charge in [-0.3, -0.25) is 4.79 Å². The second-order valence-electron chi connectivity index (χ2n) is 7.28. The Kier molecular flexibility index (Phi) is 6.54. The minimum atomic E-state index is -3.60. The van der Waals surface area contributed by atoms with Crippen molar-refractivity contribution in [3.8, 4) is 0 Å². The highest BCUT2D eigenvalue weighted by atomic mass is 32.2. The number of sulfonamides is 1. The Labute approximate surface area is 181 Å². The first kappa shape index (κ1) is 22.3. The summed E-state index contributed by atoms with van der Waals surface area (Å²) in [4.78, 5) is 17.7. The maximum atomic E-state index is 12.9. The molecule has 0 aliphatic heterocycles. The number of imidazole rings is 1. The van der Waals surface area contributed by atoms with Crippen LogP contribution in [0.2, 0.25) is 0 Å². The van der Waals surface area contributed by atoms with Crippen molar-refractivity contribution in [3.05, 3.63) is 53.3 Å². The van der Waals surface area contributed by atoms with Gasteiger partial charge in [0.25, 0.3) is 0 Å². The molecule has 30 heavy (non-hydrogen) atoms. The maximum absolute atomic E-state index is 12.9. The molecule has 160 valence electrons. The van der Waals surface area contributed by atoms with Crippen LogP contribution in [0.3, 0.4) is 0 Å². The SMILES string of the molecule is CSCc1nc2ccccc2n1CC(=O)Nc1cc(S(=O)(=O)N(C)C)cc(C)c1C. The predicted octanol–water partition coefficient (Wildman–Crippen LogP) is 3.41. The summed E-state index contributed by atoms with van der Waals surface area (Å²) < 4.78 is 28.2. The van der Waals surface area contributed by atoms with Crippen LogP contribution in [0, 0.1) is 13.8 Å². The van der Waals surface area contributed by atoms with Crippen LogP contribution in [0.15, 0.2) is 41.3 Å². The van der Waals surface area contributed by atoms with Gasteiger partial charge >= 0.3 is 0 Å². The molecule has 2 aromatic carbocycles. The van der Waals surface area contributed by atoms with Crippen LogP contribution >= 0.6 is 11.8 Å². The van der Waals surface area contributed by atoms with E-state index in [4.69, 9.17) is 0 Å². The third kappa shape index (κ3) is 4.38. The first-order valence-electron chi connectivity index (χ1n) is 9.42. The van der Waals surface area contributed by atoms with Gasteiger partial charge in [0.15, 0.2) is 0 Å². The number of aryl methyl sites for hydroxylation is 1. The monoisotopic (exact) mass is 446 g/mol. The molecule has 0 aliphatic carbocycles. The lowest BCUT2D eigenvalue weighted by Crippen LogP contribution is -2.24. The van der Waals surface area contributed by atoms with Crippen LogP contribution in [0.1, 0.15) is 17.0 Å². The molecule has 1 amide bonds. The predicted molar refractivity (Wildman–Crippen MR) is 122 cm³/mol. The number of thioether (sulfide) groups is 1. The summed E-state index contributed by atoms with van der Waals surface area (Å²) in [7, 11) is -0.631. The van der Waals surface area contributed by atoms with Gasteiger partial charge in [0.1, 0.15) is 12.4 Å². The molecule has 1 aromatic heterocycles. The number of amides is 1. The molecule has 0 saturated carbocycles. The Hall–Kier alpha value is -2.36. The fourth-order valence-corrected chi connectivity index (χ4v) is 4.68. The van der Waals surface area contributed by atoms with Gasteiger partial charge in [0, 0.05) is 19.8 Å². The van der Waals surface area contributed by atoms with E-state index in [0.717, 1.165) is 32.3 Å². The van der Waals surface area contributed by atoms with E-state index in [2.05, 4.69) is 10.3 Å². The summed E-state index contributed by atoms with van der Waals surface area (Å²) >= 11 is 1.64. The zero-order valence-electron chi connectivity index (χ0n) is 17.8. The van der Waals surface area contributed by atoms with Crippen molar-refractivity contribution in [2.45, 2.75) is 31.0 Å². The average molecular weight is 447 g/mol. The molecule has 0 bridgehead atoms. The fraction of sp³-hybridized carbons (Fsp3) is 0.333. The van der Waals surface area contributed by atoms with Crippen molar-refractivity contribution >= 4 is 44.4 Å². The minimum Gasteiger partial charge on any atom is -0.324 e. The summed E-state index contributed by atoms with van der Waals surface area (Å²) in [6.07, 6.45) is 1.99. The highest BCUT2D eigenvalue weighted by molar-refractivity contribution is 7.97. The van der Waals surface area contributed by atoms with E-state index in [1.54, 1.807) is 17.8 Å². The number of nitrogens with zero attached hydrogens (tertiary/aromatic N) is 3. The summed E-state index contributed by atoms with van der Waals surface area (Å²) in [5, 5.41) is 2.90. The van der Waals surface area contributed by atoms with Gasteiger partial charge in [-0.15, -0.1) is 0 Å². The van der Waals surface area contributed by atoms with E-state index in [0.29, 0.717) is 11.4 Å². The summed E-state index contributed by atoms with van der Waals surface area (Å²) in [6, 6.07) is 10.9. The Balaban J connectivity index is 1.93. The summed E-state index contributed by atoms with van der Waals surface area (Å²) in [5.74, 6) is 1.29. The number of rotatable bonds is 7. The second-order valence-corrected chi connectivity index (χ2v) is 10.3. The van der Waals surface area contributed by atoms with Crippen LogP contribution in [-0.4, -0.2) is 48.5 Å². The molecule has 0 unspecified atom stereocenters. The molecule has 0 aliphatic rings. The number of aromatic nitrogens is 2. The quantitative estimate of drug-likeness (QED) is 0.601. The van der Waals surface area contributed by atoms with E-state index in [-0.39, 0.29) is 17.3 Å². The molecule has 9 heteroatoms. The van der Waals surface area contributed by atoms with Crippen LogP contribution in [0.25, 0.3) is 11.0 Å². The van der Waals surface area contributed by atoms with Crippen LogP contribution in [0.5, 0.6) is 0 Å². The highest BCUT2D eigenvalue weighted by Gasteiger charge is 2.21. The zero-order valence-corrected chi connectivity index (χ0v) is 19.4. The lowest BCUT2D eigenvalue weighted by Gasteiger charge is -2.17. The number of fused-ring (bicyclic) bond motifs is 1. The Morgan fingerprint density at radius 1 is 1.20 bits per heavy atom. The van der Waals surface area contributed by atoms with Crippen LogP contribution < -0.4 is 5.32 Å². The van der Waals surface area contributed by atoms with Gasteiger partial charge in [-0.25, -0.2) is 17.7 Å². The number of anilines is 1. The van der Waals surface area contributed by atoms with Crippen molar-refractivity contribution in [2.24, 2.45) is 0 Å². The van der Waals surface area contributed by atoms with Gasteiger partial charge in [0.05, 0.1) is 21.7 Å². The zero-order chi connectivity index (χ0) is 22.1. The Morgan fingerprint density at radius 3 is 2.57 bits per heavy atom. The number of benzene rings is 2. The van der Waals surface area contributed by atoms with Gasteiger partial charge in [0.2, 0.25) is 15.9 Å². The molecule has 0 fully saturated rings. The molecule has 0 saturated heterocycles. The van der Waals surface area contributed by atoms with Crippen LogP contribution in [-0.2, 0) is 27.1 Å². The minimum absolute atomic E-state index is 0.0968. The molecule has 0 spiro atoms. The molecule has 7 nitrogen and oxygen atoms in total. The van der Waals surface area contributed by atoms with Gasteiger partial charge < -0.3 is 9.88 Å². The maximum Gasteiger partial charge on any atom is 0.244 e. The third-order valence-electron chi connectivity index (χ3n) is 5.00. The number of carbonyl (C=O) groups excluding carboxylic acids is 1. The molecule has 3 rings (SSSR count). The molecule has 0 radical (unpaired) electrons. The van der Waals surface area contributed by atoms with E-state index in [9.17, 15) is 13.2 Å². The summed E-state index contributed by atoms with van der Waals surface area (Å²) in [6.45, 7) is 3.79. The van der Waals surface area contributed by atoms with E-state index in [1.807, 2.05) is 48.9 Å². The van der Waals surface area contributed by atoms with Gasteiger partial charge in [-0.1, -0.05) is 12.1 Å². The van der Waals surface area contributed by atoms with Crippen molar-refractivity contribution < 1.29 is 13.2 Å². The standard InChI is InChI=1S/C21H26N4O3S2/c1-14-10-16(30(27,28)24(3)4)11-18(15(14)2)23-21(26)12-25-19-9-7-6-8-17(19)22-20(25)13-29-5/h6-11H,12-13H2,1-5H3,(H,23,26). The average Bonchev–Trinajstić information content (AvgIpc) is 3.02. The van der Waals surface area contributed by atoms with E-state index < -0.39 is 10.0 Å². The highest BCUT2D eigenvalue weighted by Crippen LogP contribution is 2.26. The molecule has 3 aromatic rings. The fourth-order valence-electron chi connectivity index (χ4n) is 3.19. The molecule has 1 heterocycles. The van der Waals surface area contributed by atoms with E-state index >= 15 is 0 Å². The molecule has 0 atom stereocenters. The lowest BCUT2D eigenvalue weighted by molar-refractivity contribution is -0.116. The van der Waals surface area contributed by atoms with Crippen molar-refractivity contribution in [3.63, 3.8) is 0 Å². The number of nitrogens with one attached hydrogen (secondary N) is 1. The van der Waals surface area contributed by atoms with Gasteiger partial charge in [-0.05, 0) is 55.5 Å². The Bertz CT molecular complexity index is 1200. The van der Waals surface area contributed by atoms with Crippen molar-refractivity contribution in [1.82, 2.24) is 13.9 Å². The van der Waals surface area contributed by atoms with E-state index in [1.165, 1.54) is 20.2 Å². The number of hydrogen-bond donors (Lipinski definition) is 1. The van der Waals surface area contributed by atoms with Crippen molar-refractivity contribution in [2.75, 3.05) is 25.7 Å². The number of hydrogen-bond acceptors (Lipinski definition) is 5. The largest absolute Gasteiger partial charge is 0.324 e. The second kappa shape index (κ2) is 8.79. The van der Waals surface area contributed by atoms with Gasteiger partial charge in [-0.2, -0.15) is 11.8 Å². The number of carbonyl (C=O) groups is 1. The smallest absolute Gasteiger partial charge is 0.244 e. The van der Waals surface area contributed by atoms with Crippen molar-refractivity contribution in [1.29, 1.82) is 0 Å². The third-order valence-corrected chi connectivity index (χ3v) is 7.34. The van der Waals surface area contributed by atoms with Crippen LogP contribution in [0.4, 0.5) is 5.69 Å². The number of para-hydroxylation sites is 2. The molecule has 1 N–H and O–H groups in total. The first-order chi connectivity index (χ1) is 14.1. The first-order valence-corrected chi connectivity index (χ1v) is 12.2. The molecular formula is C21H26N4O3S2. The topological polar surface area (TPSA) is 84.3 Å². The Morgan fingerprint density at radius 2 is 1.90 bits per heavy atom. The normalized spacial score (nSPS) is 11.9. The molecular weight excluding hydrogens is 420 g/mol. The summed E-state index contributed by atoms with van der Waals surface area (Å²) in [5.41, 5.74) is 3.87.